The molecule has 3 aromatic rings. The van der Waals surface area contributed by atoms with Crippen molar-refractivity contribution in [1.29, 1.82) is 0 Å². The largest absolute Gasteiger partial charge is 0.324 e. The van der Waals surface area contributed by atoms with Gasteiger partial charge in [-0.15, -0.1) is 0 Å². The van der Waals surface area contributed by atoms with Gasteiger partial charge in [-0.2, -0.15) is 10.1 Å². The molecule has 4 saturated carbocycles. The van der Waals surface area contributed by atoms with Gasteiger partial charge in [-0.3, -0.25) is 0 Å². The van der Waals surface area contributed by atoms with E-state index in [4.69, 9.17) is 10.1 Å². The molecule has 0 unspecified atom stereocenters. The van der Waals surface area contributed by atoms with Crippen LogP contribution in [0.4, 0.5) is 11.6 Å². The Morgan fingerprint density at radius 1 is 1.00 bits per heavy atom. The van der Waals surface area contributed by atoms with Gasteiger partial charge >= 0.3 is 0 Å². The highest BCUT2D eigenvalue weighted by Crippen LogP contribution is 2.59. The lowest BCUT2D eigenvalue weighted by Crippen LogP contribution is -2.52. The molecular formula is C25H30N6. The van der Waals surface area contributed by atoms with E-state index in [0.29, 0.717) is 5.95 Å². The van der Waals surface area contributed by atoms with Gasteiger partial charge in [0.05, 0.1) is 17.1 Å². The maximum atomic E-state index is 4.98. The van der Waals surface area contributed by atoms with Gasteiger partial charge in [-0.05, 0) is 93.0 Å². The number of rotatable bonds is 3. The molecule has 0 spiro atoms. The maximum absolute atomic E-state index is 4.98. The van der Waals surface area contributed by atoms with E-state index in [1.54, 1.807) is 0 Å². The average Bonchev–Trinajstić information content (AvgIpc) is 3.17. The molecule has 4 fully saturated rings. The van der Waals surface area contributed by atoms with E-state index in [9.17, 15) is 0 Å². The second-order valence-corrected chi connectivity index (χ2v) is 10.8. The molecule has 1 aromatic carbocycles. The van der Waals surface area contributed by atoms with Gasteiger partial charge in [0.25, 0.3) is 0 Å². The molecule has 6 heteroatoms. The highest BCUT2D eigenvalue weighted by Gasteiger charge is 2.53. The Morgan fingerprint density at radius 3 is 2.55 bits per heavy atom. The first-order valence-corrected chi connectivity index (χ1v) is 11.9. The van der Waals surface area contributed by atoms with Crippen molar-refractivity contribution in [2.24, 2.45) is 17.8 Å². The van der Waals surface area contributed by atoms with Gasteiger partial charge < -0.3 is 10.2 Å². The second kappa shape index (κ2) is 6.52. The molecular weight excluding hydrogens is 384 g/mol. The Bertz CT molecular complexity index is 1130. The third-order valence-electron chi connectivity index (χ3n) is 8.43. The van der Waals surface area contributed by atoms with E-state index in [1.807, 2.05) is 12.4 Å². The van der Waals surface area contributed by atoms with Crippen LogP contribution < -0.4 is 5.32 Å². The summed E-state index contributed by atoms with van der Waals surface area (Å²) >= 11 is 0. The summed E-state index contributed by atoms with van der Waals surface area (Å²) in [7, 11) is 2.19. The number of likely N-dealkylation sites (N-methyl/N-ethyl adjacent to an activating group) is 1. The van der Waals surface area contributed by atoms with Crippen LogP contribution in [-0.4, -0.2) is 38.2 Å². The number of nitrogens with one attached hydrogen (secondary N) is 1. The Balaban J connectivity index is 1.23. The van der Waals surface area contributed by atoms with Crippen LogP contribution in [0.15, 0.2) is 30.6 Å². The predicted molar refractivity (Wildman–Crippen MR) is 121 cm³/mol. The lowest BCUT2D eigenvalue weighted by Gasteiger charge is -2.56. The zero-order valence-electron chi connectivity index (χ0n) is 18.2. The average molecular weight is 415 g/mol. The van der Waals surface area contributed by atoms with E-state index in [0.717, 1.165) is 54.0 Å². The molecule has 0 saturated heterocycles. The van der Waals surface area contributed by atoms with Crippen LogP contribution in [0.1, 0.15) is 49.7 Å². The van der Waals surface area contributed by atoms with Gasteiger partial charge in [0.2, 0.25) is 5.95 Å². The summed E-state index contributed by atoms with van der Waals surface area (Å²) in [6.45, 7) is 2.14. The molecule has 0 atom stereocenters. The summed E-state index contributed by atoms with van der Waals surface area (Å²) in [4.78, 5) is 12.0. The fourth-order valence-electron chi connectivity index (χ4n) is 7.45. The van der Waals surface area contributed by atoms with Gasteiger partial charge in [0.1, 0.15) is 0 Å². The number of fused-ring (bicyclic) bond motifs is 2. The quantitative estimate of drug-likeness (QED) is 0.685. The minimum Gasteiger partial charge on any atom is -0.324 e. The first kappa shape index (κ1) is 18.1. The minimum atomic E-state index is 0.179. The van der Waals surface area contributed by atoms with Crippen LogP contribution >= 0.6 is 0 Å². The van der Waals surface area contributed by atoms with Crippen LogP contribution in [-0.2, 0) is 18.5 Å². The molecule has 4 aliphatic carbocycles. The molecule has 160 valence electrons. The van der Waals surface area contributed by atoms with Crippen molar-refractivity contribution in [2.75, 3.05) is 18.9 Å². The lowest BCUT2D eigenvalue weighted by molar-refractivity contribution is -0.0472. The molecule has 2 aromatic heterocycles. The van der Waals surface area contributed by atoms with Crippen LogP contribution in [0.3, 0.4) is 0 Å². The summed E-state index contributed by atoms with van der Waals surface area (Å²) in [5.74, 6) is 3.33. The maximum Gasteiger partial charge on any atom is 0.229 e. The van der Waals surface area contributed by atoms with Gasteiger partial charge in [0.15, 0.2) is 5.65 Å². The number of hydrogen-bond acceptors (Lipinski definition) is 5. The van der Waals surface area contributed by atoms with E-state index in [2.05, 4.69) is 45.1 Å². The molecule has 3 heterocycles. The van der Waals surface area contributed by atoms with Crippen LogP contribution in [0.25, 0.3) is 11.0 Å². The fraction of sp³-hybridized carbons (Fsp3) is 0.560. The number of nitrogens with zero attached hydrogens (tertiary/aromatic N) is 5. The van der Waals surface area contributed by atoms with Crippen molar-refractivity contribution in [3.8, 4) is 0 Å². The first-order chi connectivity index (χ1) is 15.1. The third kappa shape index (κ3) is 2.91. The highest BCUT2D eigenvalue weighted by atomic mass is 15.4. The van der Waals surface area contributed by atoms with Crippen LogP contribution in [0.2, 0.25) is 0 Å². The van der Waals surface area contributed by atoms with Crippen molar-refractivity contribution in [3.63, 3.8) is 0 Å². The van der Waals surface area contributed by atoms with Gasteiger partial charge in [-0.1, -0.05) is 6.07 Å². The van der Waals surface area contributed by atoms with Crippen molar-refractivity contribution < 1.29 is 0 Å². The van der Waals surface area contributed by atoms with Crippen molar-refractivity contribution in [1.82, 2.24) is 24.6 Å². The van der Waals surface area contributed by atoms with E-state index >= 15 is 0 Å². The molecule has 31 heavy (non-hydrogen) atoms. The van der Waals surface area contributed by atoms with Crippen LogP contribution in [0.5, 0.6) is 0 Å². The fourth-order valence-corrected chi connectivity index (χ4v) is 7.45. The van der Waals surface area contributed by atoms with E-state index < -0.39 is 0 Å². The Kier molecular flexibility index (Phi) is 3.81. The molecule has 8 rings (SSSR count). The van der Waals surface area contributed by atoms with Gasteiger partial charge in [-0.25, -0.2) is 9.67 Å². The predicted octanol–water partition coefficient (Wildman–Crippen LogP) is 4.48. The van der Waals surface area contributed by atoms with Crippen molar-refractivity contribution in [3.05, 3.63) is 41.7 Å². The SMILES string of the molecule is CN1CCc2ccc(Nc3ncc4cnn(C56CC7CC(CC(C7)C5)C6)c4n3)cc2C1. The summed E-state index contributed by atoms with van der Waals surface area (Å²) in [5, 5.41) is 9.40. The zero-order chi connectivity index (χ0) is 20.6. The van der Waals surface area contributed by atoms with Crippen molar-refractivity contribution in [2.45, 2.75) is 57.0 Å². The summed E-state index contributed by atoms with van der Waals surface area (Å²) in [5.41, 5.74) is 5.10. The topological polar surface area (TPSA) is 58.9 Å². The lowest BCUT2D eigenvalue weighted by atomic mass is 9.53. The Hall–Kier alpha value is -2.47. The summed E-state index contributed by atoms with van der Waals surface area (Å²) in [6, 6.07) is 6.67. The minimum absolute atomic E-state index is 0.179. The Morgan fingerprint density at radius 2 is 1.77 bits per heavy atom. The summed E-state index contributed by atoms with van der Waals surface area (Å²) in [6.07, 6.45) is 13.2. The summed E-state index contributed by atoms with van der Waals surface area (Å²) < 4.78 is 2.29. The van der Waals surface area contributed by atoms with E-state index in [1.165, 1.54) is 49.7 Å². The number of benzene rings is 1. The molecule has 1 aliphatic heterocycles. The number of hydrogen-bond donors (Lipinski definition) is 1. The van der Waals surface area contributed by atoms with Gasteiger partial charge in [0, 0.05) is 25.0 Å². The molecule has 5 aliphatic rings. The molecule has 0 radical (unpaired) electrons. The Labute approximate surface area is 183 Å². The molecule has 6 nitrogen and oxygen atoms in total. The number of anilines is 2. The second-order valence-electron chi connectivity index (χ2n) is 10.8. The smallest absolute Gasteiger partial charge is 0.229 e. The van der Waals surface area contributed by atoms with Crippen molar-refractivity contribution >= 4 is 22.7 Å². The third-order valence-corrected chi connectivity index (χ3v) is 8.43. The molecule has 4 bridgehead atoms. The number of aromatic nitrogens is 4. The normalized spacial score (nSPS) is 31.8. The highest BCUT2D eigenvalue weighted by molar-refractivity contribution is 5.75. The first-order valence-electron chi connectivity index (χ1n) is 11.9. The standard InChI is InChI=1S/C25H30N6/c1-30-5-4-19-2-3-22(9-20(19)15-30)28-24-26-13-21-14-27-31(23(21)29-24)25-10-16-6-17(11-25)8-18(7-16)12-25/h2-3,9,13-14,16-18H,4-8,10-12,15H2,1H3,(H,26,28,29). The molecule has 0 amide bonds. The van der Waals surface area contributed by atoms with Crippen LogP contribution in [0, 0.1) is 17.8 Å². The zero-order valence-corrected chi connectivity index (χ0v) is 18.2. The van der Waals surface area contributed by atoms with E-state index in [-0.39, 0.29) is 5.54 Å². The molecule has 1 N–H and O–H groups in total. The monoisotopic (exact) mass is 414 g/mol.